The van der Waals surface area contributed by atoms with Gasteiger partial charge in [0.05, 0.1) is 12.6 Å². The first-order valence-electron chi connectivity index (χ1n) is 7.54. The lowest BCUT2D eigenvalue weighted by molar-refractivity contribution is 0.415. The van der Waals surface area contributed by atoms with E-state index in [2.05, 4.69) is 25.5 Å². The number of nitrogens with zero attached hydrogens (tertiary/aromatic N) is 4. The molecule has 0 aliphatic carbocycles. The maximum atomic E-state index is 13.5. The number of halogens is 1. The first kappa shape index (κ1) is 16.7. The fourth-order valence-corrected chi connectivity index (χ4v) is 4.03. The first-order valence-corrected chi connectivity index (χ1v) is 9.17. The summed E-state index contributed by atoms with van der Waals surface area (Å²) in [5.74, 6) is 0.459. The van der Waals surface area contributed by atoms with Crippen molar-refractivity contribution in [2.24, 2.45) is 0 Å². The zero-order valence-electron chi connectivity index (χ0n) is 13.5. The third-order valence-corrected chi connectivity index (χ3v) is 5.40. The highest BCUT2D eigenvalue weighted by Gasteiger charge is 2.11. The molecule has 2 aromatic carbocycles. The van der Waals surface area contributed by atoms with Crippen molar-refractivity contribution in [3.8, 4) is 5.75 Å². The second kappa shape index (κ2) is 7.22. The van der Waals surface area contributed by atoms with Crippen LogP contribution in [0.15, 0.2) is 58.2 Å². The Bertz CT molecular complexity index is 1050. The molecule has 0 aliphatic heterocycles. The molecule has 6 nitrogen and oxygen atoms in total. The monoisotopic (exact) mass is 385 g/mol. The lowest BCUT2D eigenvalue weighted by Crippen LogP contribution is -1.89. The van der Waals surface area contributed by atoms with Gasteiger partial charge in [0.15, 0.2) is 4.34 Å². The molecule has 4 rings (SSSR count). The highest BCUT2D eigenvalue weighted by atomic mass is 32.2. The summed E-state index contributed by atoms with van der Waals surface area (Å²) in [6, 6.07) is 12.0. The van der Waals surface area contributed by atoms with Crippen LogP contribution in [0.2, 0.25) is 0 Å². The van der Waals surface area contributed by atoms with Gasteiger partial charge in [-0.3, -0.25) is 0 Å². The molecule has 0 bridgehead atoms. The van der Waals surface area contributed by atoms with E-state index in [-0.39, 0.29) is 5.82 Å². The van der Waals surface area contributed by atoms with Gasteiger partial charge in [-0.15, -0.1) is 10.2 Å². The van der Waals surface area contributed by atoms with Gasteiger partial charge in [0.25, 0.3) is 0 Å². The molecule has 0 saturated carbocycles. The van der Waals surface area contributed by atoms with Gasteiger partial charge in [-0.05, 0) is 54.2 Å². The van der Waals surface area contributed by atoms with Crippen LogP contribution < -0.4 is 10.1 Å². The molecule has 0 unspecified atom stereocenters. The van der Waals surface area contributed by atoms with E-state index >= 15 is 0 Å². The van der Waals surface area contributed by atoms with Crippen LogP contribution in [0.1, 0.15) is 0 Å². The van der Waals surface area contributed by atoms with E-state index < -0.39 is 0 Å². The number of aromatic nitrogens is 4. The van der Waals surface area contributed by atoms with Crippen LogP contribution in [0.4, 0.5) is 15.2 Å². The third-order valence-electron chi connectivity index (χ3n) is 3.49. The molecule has 0 amide bonds. The molecule has 4 aromatic rings. The molecule has 9 heteroatoms. The van der Waals surface area contributed by atoms with E-state index in [0.717, 1.165) is 11.4 Å². The van der Waals surface area contributed by atoms with Crippen LogP contribution >= 0.6 is 23.1 Å². The van der Waals surface area contributed by atoms with Crippen LogP contribution in [0.5, 0.6) is 5.75 Å². The van der Waals surface area contributed by atoms with Gasteiger partial charge in [-0.2, -0.15) is 0 Å². The van der Waals surface area contributed by atoms with Crippen molar-refractivity contribution in [2.45, 2.75) is 9.37 Å². The smallest absolute Gasteiger partial charge is 0.210 e. The number of hydrogen-bond acceptors (Lipinski definition) is 8. The molecule has 0 fully saturated rings. The Labute approximate surface area is 156 Å². The molecule has 1 N–H and O–H groups in total. The SMILES string of the molecule is COc1ccc(Nc2nnc(Sc3ncnc4ccc(F)cc34)s2)cc1. The normalized spacial score (nSPS) is 10.8. The quantitative estimate of drug-likeness (QED) is 0.506. The topological polar surface area (TPSA) is 72.8 Å². The summed E-state index contributed by atoms with van der Waals surface area (Å²) in [6.45, 7) is 0. The minimum Gasteiger partial charge on any atom is -0.497 e. The van der Waals surface area contributed by atoms with E-state index in [4.69, 9.17) is 4.74 Å². The number of nitrogens with one attached hydrogen (secondary N) is 1. The van der Waals surface area contributed by atoms with Crippen molar-refractivity contribution in [1.82, 2.24) is 20.2 Å². The Morgan fingerprint density at radius 1 is 1.08 bits per heavy atom. The minimum atomic E-state index is -0.326. The Morgan fingerprint density at radius 2 is 1.92 bits per heavy atom. The summed E-state index contributed by atoms with van der Waals surface area (Å²) in [4.78, 5) is 8.40. The lowest BCUT2D eigenvalue weighted by atomic mass is 10.2. The van der Waals surface area contributed by atoms with E-state index in [0.29, 0.717) is 25.4 Å². The predicted octanol–water partition coefficient (Wildman–Crippen LogP) is 4.52. The van der Waals surface area contributed by atoms with E-state index in [1.165, 1.54) is 41.6 Å². The summed E-state index contributed by atoms with van der Waals surface area (Å²) in [7, 11) is 1.62. The Balaban J connectivity index is 1.54. The average Bonchev–Trinajstić information content (AvgIpc) is 3.10. The van der Waals surface area contributed by atoms with Crippen LogP contribution in [0.3, 0.4) is 0 Å². The lowest BCUT2D eigenvalue weighted by Gasteiger charge is -2.03. The molecule has 0 spiro atoms. The van der Waals surface area contributed by atoms with Gasteiger partial charge in [-0.1, -0.05) is 11.3 Å². The van der Waals surface area contributed by atoms with Gasteiger partial charge in [-0.25, -0.2) is 14.4 Å². The van der Waals surface area contributed by atoms with Gasteiger partial charge in [0, 0.05) is 11.1 Å². The number of fused-ring (bicyclic) bond motifs is 1. The fraction of sp³-hybridized carbons (Fsp3) is 0.0588. The molecule has 2 heterocycles. The largest absolute Gasteiger partial charge is 0.497 e. The molecular formula is C17H12FN5OS2. The highest BCUT2D eigenvalue weighted by Crippen LogP contribution is 2.35. The zero-order chi connectivity index (χ0) is 17.9. The average molecular weight is 385 g/mol. The van der Waals surface area contributed by atoms with Gasteiger partial charge >= 0.3 is 0 Å². The second-order valence-corrected chi connectivity index (χ2v) is 7.38. The Morgan fingerprint density at radius 3 is 2.73 bits per heavy atom. The number of ether oxygens (including phenoxy) is 1. The van der Waals surface area contributed by atoms with Crippen molar-refractivity contribution in [2.75, 3.05) is 12.4 Å². The number of rotatable bonds is 5. The Kier molecular flexibility index (Phi) is 4.63. The van der Waals surface area contributed by atoms with Crippen molar-refractivity contribution in [1.29, 1.82) is 0 Å². The number of benzene rings is 2. The number of anilines is 2. The predicted molar refractivity (Wildman–Crippen MR) is 99.8 cm³/mol. The molecule has 26 heavy (non-hydrogen) atoms. The van der Waals surface area contributed by atoms with Gasteiger partial charge in [0.2, 0.25) is 5.13 Å². The van der Waals surface area contributed by atoms with Crippen molar-refractivity contribution in [3.05, 3.63) is 54.6 Å². The van der Waals surface area contributed by atoms with Crippen molar-refractivity contribution < 1.29 is 9.13 Å². The van der Waals surface area contributed by atoms with Crippen LogP contribution in [-0.2, 0) is 0 Å². The third kappa shape index (κ3) is 3.58. The van der Waals surface area contributed by atoms with E-state index in [1.807, 2.05) is 24.3 Å². The van der Waals surface area contributed by atoms with Gasteiger partial charge < -0.3 is 10.1 Å². The molecule has 2 aromatic heterocycles. The van der Waals surface area contributed by atoms with Crippen LogP contribution in [0, 0.1) is 5.82 Å². The molecular weight excluding hydrogens is 373 g/mol. The van der Waals surface area contributed by atoms with Crippen LogP contribution in [0.25, 0.3) is 10.9 Å². The Hall–Kier alpha value is -2.78. The standard InChI is InChI=1S/C17H12FN5OS2/c1-24-12-5-3-11(4-6-12)21-16-22-23-17(26-16)25-15-13-8-10(18)2-7-14(13)19-9-20-15/h2-9H,1H3,(H,21,22). The molecule has 0 atom stereocenters. The maximum absolute atomic E-state index is 13.5. The highest BCUT2D eigenvalue weighted by molar-refractivity contribution is 8.01. The van der Waals surface area contributed by atoms with Crippen LogP contribution in [-0.4, -0.2) is 27.3 Å². The van der Waals surface area contributed by atoms with E-state index in [9.17, 15) is 4.39 Å². The molecule has 0 aliphatic rings. The second-order valence-electron chi connectivity index (χ2n) is 5.17. The van der Waals surface area contributed by atoms with Crippen molar-refractivity contribution >= 4 is 44.8 Å². The maximum Gasteiger partial charge on any atom is 0.210 e. The summed E-state index contributed by atoms with van der Waals surface area (Å²) >= 11 is 2.72. The summed E-state index contributed by atoms with van der Waals surface area (Å²) in [5, 5.41) is 13.4. The number of hydrogen-bond donors (Lipinski definition) is 1. The summed E-state index contributed by atoms with van der Waals surface area (Å²) in [5.41, 5.74) is 1.57. The minimum absolute atomic E-state index is 0.326. The molecule has 130 valence electrons. The fourth-order valence-electron chi connectivity index (χ4n) is 2.27. The molecule has 0 saturated heterocycles. The van der Waals surface area contributed by atoms with Crippen molar-refractivity contribution in [3.63, 3.8) is 0 Å². The zero-order valence-corrected chi connectivity index (χ0v) is 15.1. The summed E-state index contributed by atoms with van der Waals surface area (Å²) in [6.07, 6.45) is 1.46. The summed E-state index contributed by atoms with van der Waals surface area (Å²) < 4.78 is 19.4. The number of methoxy groups -OCH3 is 1. The van der Waals surface area contributed by atoms with E-state index in [1.54, 1.807) is 13.2 Å². The van der Waals surface area contributed by atoms with Gasteiger partial charge in [0.1, 0.15) is 22.9 Å². The first-order chi connectivity index (χ1) is 12.7. The molecule has 0 radical (unpaired) electrons.